The lowest BCUT2D eigenvalue weighted by molar-refractivity contribution is -0.188. The van der Waals surface area contributed by atoms with E-state index in [4.69, 9.17) is 14.0 Å². The predicted molar refractivity (Wildman–Crippen MR) is 80.9 cm³/mol. The highest BCUT2D eigenvalue weighted by Gasteiger charge is 2.48. The van der Waals surface area contributed by atoms with Crippen molar-refractivity contribution < 1.29 is 14.0 Å². The van der Waals surface area contributed by atoms with E-state index < -0.39 is 0 Å². The molecule has 2 aromatic rings. The van der Waals surface area contributed by atoms with Gasteiger partial charge in [-0.05, 0) is 6.92 Å². The Bertz CT molecular complexity index is 654. The van der Waals surface area contributed by atoms with Crippen LogP contribution >= 0.6 is 0 Å². The van der Waals surface area contributed by atoms with Crippen molar-refractivity contribution in [2.45, 2.75) is 38.0 Å². The van der Waals surface area contributed by atoms with Gasteiger partial charge < -0.3 is 14.0 Å². The molecule has 23 heavy (non-hydrogen) atoms. The number of aryl methyl sites for hydroxylation is 1. The Morgan fingerprint density at radius 2 is 2.30 bits per heavy atom. The number of ether oxygens (including phenoxy) is 2. The first-order valence-corrected chi connectivity index (χ1v) is 7.92. The van der Waals surface area contributed by atoms with Crippen LogP contribution in [0.5, 0.6) is 5.88 Å². The van der Waals surface area contributed by atoms with Gasteiger partial charge in [-0.1, -0.05) is 5.16 Å². The van der Waals surface area contributed by atoms with Crippen molar-refractivity contribution in [2.24, 2.45) is 0 Å². The van der Waals surface area contributed by atoms with Crippen LogP contribution in [-0.2, 0) is 11.3 Å². The topological polar surface area (TPSA) is 73.5 Å². The van der Waals surface area contributed by atoms with Gasteiger partial charge in [0.25, 0.3) is 0 Å². The van der Waals surface area contributed by atoms with Gasteiger partial charge in [0.05, 0.1) is 24.1 Å². The molecule has 0 amide bonds. The number of hydrogen-bond donors (Lipinski definition) is 0. The lowest BCUT2D eigenvalue weighted by Gasteiger charge is -2.52. The molecule has 2 saturated heterocycles. The van der Waals surface area contributed by atoms with E-state index in [0.29, 0.717) is 5.88 Å². The smallest absolute Gasteiger partial charge is 0.232 e. The summed E-state index contributed by atoms with van der Waals surface area (Å²) < 4.78 is 17.1. The largest absolute Gasteiger partial charge is 0.473 e. The molecule has 2 aliphatic rings. The van der Waals surface area contributed by atoms with Crippen molar-refractivity contribution in [2.75, 3.05) is 19.7 Å². The molecule has 0 N–H and O–H groups in total. The van der Waals surface area contributed by atoms with Crippen molar-refractivity contribution in [3.8, 4) is 5.88 Å². The zero-order valence-electron chi connectivity index (χ0n) is 13.1. The first-order valence-electron chi connectivity index (χ1n) is 7.92. The lowest BCUT2D eigenvalue weighted by Crippen LogP contribution is -2.65. The van der Waals surface area contributed by atoms with Crippen molar-refractivity contribution in [3.63, 3.8) is 0 Å². The van der Waals surface area contributed by atoms with Gasteiger partial charge in [-0.3, -0.25) is 9.88 Å². The molecule has 0 bridgehead atoms. The molecule has 0 saturated carbocycles. The molecule has 7 heteroatoms. The van der Waals surface area contributed by atoms with Gasteiger partial charge >= 0.3 is 0 Å². The molecule has 1 atom stereocenters. The van der Waals surface area contributed by atoms with E-state index in [1.165, 1.54) is 0 Å². The van der Waals surface area contributed by atoms with Crippen molar-refractivity contribution >= 4 is 0 Å². The number of nitrogens with zero attached hydrogens (tertiary/aromatic N) is 4. The summed E-state index contributed by atoms with van der Waals surface area (Å²) in [6, 6.07) is 1.98. The first kappa shape index (κ1) is 14.6. The van der Waals surface area contributed by atoms with E-state index in [2.05, 4.69) is 20.0 Å². The van der Waals surface area contributed by atoms with Gasteiger partial charge in [-0.25, -0.2) is 4.98 Å². The van der Waals surface area contributed by atoms with Gasteiger partial charge in [0.2, 0.25) is 5.88 Å². The van der Waals surface area contributed by atoms with Gasteiger partial charge in [-0.15, -0.1) is 0 Å². The van der Waals surface area contributed by atoms with Crippen LogP contribution in [-0.4, -0.2) is 51.4 Å². The summed E-state index contributed by atoms with van der Waals surface area (Å²) in [6.45, 7) is 5.24. The molecule has 1 unspecified atom stereocenters. The van der Waals surface area contributed by atoms with Gasteiger partial charge in [-0.2, -0.15) is 0 Å². The summed E-state index contributed by atoms with van der Waals surface area (Å²) in [5, 5.41) is 4.04. The standard InChI is InChI=1S/C16H20N4O3/c1-12-6-13(19-23-12)9-20-10-16(11-20)7-14(2-5-21-16)22-15-8-17-3-4-18-15/h3-4,6,8,14H,2,5,7,9-11H2,1H3. The Morgan fingerprint density at radius 1 is 1.39 bits per heavy atom. The molecule has 4 heterocycles. The highest BCUT2D eigenvalue weighted by molar-refractivity contribution is 5.09. The van der Waals surface area contributed by atoms with Crippen LogP contribution in [0, 0.1) is 6.92 Å². The van der Waals surface area contributed by atoms with E-state index in [1.807, 2.05) is 13.0 Å². The van der Waals surface area contributed by atoms with Crippen LogP contribution in [0.25, 0.3) is 0 Å². The third-order valence-corrected chi connectivity index (χ3v) is 4.36. The quantitative estimate of drug-likeness (QED) is 0.848. The zero-order valence-corrected chi connectivity index (χ0v) is 13.1. The lowest BCUT2D eigenvalue weighted by atomic mass is 9.84. The number of hydrogen-bond acceptors (Lipinski definition) is 7. The van der Waals surface area contributed by atoms with Crippen LogP contribution in [0.2, 0.25) is 0 Å². The Kier molecular flexibility index (Phi) is 3.74. The monoisotopic (exact) mass is 316 g/mol. The molecule has 1 spiro atoms. The maximum absolute atomic E-state index is 6.04. The summed E-state index contributed by atoms with van der Waals surface area (Å²) in [4.78, 5) is 10.5. The maximum atomic E-state index is 6.04. The molecule has 2 fully saturated rings. The fraction of sp³-hybridized carbons (Fsp3) is 0.562. The molecular formula is C16H20N4O3. The number of likely N-dealkylation sites (tertiary alicyclic amines) is 1. The fourth-order valence-electron chi connectivity index (χ4n) is 3.42. The molecule has 2 aromatic heterocycles. The maximum Gasteiger partial charge on any atom is 0.232 e. The van der Waals surface area contributed by atoms with Crippen molar-refractivity contribution in [1.82, 2.24) is 20.0 Å². The SMILES string of the molecule is Cc1cc(CN2CC3(CC(Oc4cnccn4)CCO3)C2)no1. The van der Waals surface area contributed by atoms with Crippen molar-refractivity contribution in [3.05, 3.63) is 36.1 Å². The normalized spacial score (nSPS) is 23.6. The summed E-state index contributed by atoms with van der Waals surface area (Å²) in [5.74, 6) is 1.44. The van der Waals surface area contributed by atoms with E-state index >= 15 is 0 Å². The molecule has 0 aromatic carbocycles. The van der Waals surface area contributed by atoms with Crippen LogP contribution in [0.1, 0.15) is 24.3 Å². The summed E-state index contributed by atoms with van der Waals surface area (Å²) in [6.07, 6.45) is 6.86. The minimum Gasteiger partial charge on any atom is -0.473 e. The molecule has 0 radical (unpaired) electrons. The highest BCUT2D eigenvalue weighted by atomic mass is 16.5. The second-order valence-electron chi connectivity index (χ2n) is 6.38. The van der Waals surface area contributed by atoms with Crippen molar-refractivity contribution in [1.29, 1.82) is 0 Å². The van der Waals surface area contributed by atoms with Crippen LogP contribution in [0.4, 0.5) is 0 Å². The average Bonchev–Trinajstić information content (AvgIpc) is 2.92. The Hall–Kier alpha value is -1.99. The summed E-state index contributed by atoms with van der Waals surface area (Å²) in [7, 11) is 0. The molecule has 122 valence electrons. The predicted octanol–water partition coefficient (Wildman–Crippen LogP) is 1.59. The highest BCUT2D eigenvalue weighted by Crippen LogP contribution is 2.36. The molecule has 4 rings (SSSR count). The van der Waals surface area contributed by atoms with E-state index in [1.54, 1.807) is 18.6 Å². The fourth-order valence-corrected chi connectivity index (χ4v) is 3.42. The second kappa shape index (κ2) is 5.90. The first-order chi connectivity index (χ1) is 11.2. The summed E-state index contributed by atoms with van der Waals surface area (Å²) in [5.41, 5.74) is 0.879. The Balaban J connectivity index is 1.32. The minimum atomic E-state index is -0.0933. The number of rotatable bonds is 4. The third kappa shape index (κ3) is 3.20. The zero-order chi connectivity index (χ0) is 15.7. The Labute approximate surface area is 134 Å². The second-order valence-corrected chi connectivity index (χ2v) is 6.38. The number of aromatic nitrogens is 3. The average molecular weight is 316 g/mol. The van der Waals surface area contributed by atoms with Crippen LogP contribution in [0.15, 0.2) is 29.2 Å². The van der Waals surface area contributed by atoms with E-state index in [9.17, 15) is 0 Å². The van der Waals surface area contributed by atoms with E-state index in [-0.39, 0.29) is 11.7 Å². The van der Waals surface area contributed by atoms with Crippen LogP contribution < -0.4 is 4.74 Å². The molecular weight excluding hydrogens is 296 g/mol. The van der Waals surface area contributed by atoms with E-state index in [0.717, 1.165) is 50.5 Å². The molecule has 7 nitrogen and oxygen atoms in total. The molecule has 0 aliphatic carbocycles. The Morgan fingerprint density at radius 3 is 3.04 bits per heavy atom. The molecule has 2 aliphatic heterocycles. The van der Waals surface area contributed by atoms with Gasteiger partial charge in [0, 0.05) is 50.9 Å². The third-order valence-electron chi connectivity index (χ3n) is 4.36. The summed E-state index contributed by atoms with van der Waals surface area (Å²) >= 11 is 0. The van der Waals surface area contributed by atoms with Gasteiger partial charge in [0.15, 0.2) is 0 Å². The van der Waals surface area contributed by atoms with Gasteiger partial charge in [0.1, 0.15) is 11.9 Å². The van der Waals surface area contributed by atoms with Crippen LogP contribution in [0.3, 0.4) is 0 Å². The minimum absolute atomic E-state index is 0.0933.